The number of amides is 1. The summed E-state index contributed by atoms with van der Waals surface area (Å²) >= 11 is 3.39. The Bertz CT molecular complexity index is 755. The van der Waals surface area contributed by atoms with Gasteiger partial charge in [0.25, 0.3) is 5.91 Å². The highest BCUT2D eigenvalue weighted by Crippen LogP contribution is 2.18. The SMILES string of the molecule is Cc1ccc(C)c(OCC(=O)N/N=C/C(Br)=C/c2ccccc2)c1. The number of rotatable bonds is 6. The molecule has 0 aliphatic heterocycles. The van der Waals surface area contributed by atoms with Crippen LogP contribution in [0.4, 0.5) is 0 Å². The second-order valence-electron chi connectivity index (χ2n) is 5.29. The molecule has 4 nitrogen and oxygen atoms in total. The molecule has 2 rings (SSSR count). The number of nitrogens with one attached hydrogen (secondary N) is 1. The molecule has 0 aliphatic carbocycles. The molecule has 0 unspecified atom stereocenters. The third-order valence-corrected chi connectivity index (χ3v) is 3.62. The topological polar surface area (TPSA) is 50.7 Å². The third kappa shape index (κ3) is 6.01. The quantitative estimate of drug-likeness (QED) is 0.596. The number of nitrogens with zero attached hydrogens (tertiary/aromatic N) is 1. The summed E-state index contributed by atoms with van der Waals surface area (Å²) in [5.41, 5.74) is 5.56. The Balaban J connectivity index is 1.82. The first-order chi connectivity index (χ1) is 11.5. The van der Waals surface area contributed by atoms with Gasteiger partial charge in [0, 0.05) is 4.48 Å². The molecule has 0 aromatic heterocycles. The van der Waals surface area contributed by atoms with E-state index in [-0.39, 0.29) is 12.5 Å². The van der Waals surface area contributed by atoms with Gasteiger partial charge in [-0.15, -0.1) is 0 Å². The molecule has 1 N–H and O–H groups in total. The van der Waals surface area contributed by atoms with Crippen LogP contribution in [0.5, 0.6) is 5.75 Å². The first kappa shape index (κ1) is 17.9. The molecule has 0 heterocycles. The molecule has 0 saturated carbocycles. The van der Waals surface area contributed by atoms with E-state index < -0.39 is 0 Å². The number of hydrogen-bond donors (Lipinski definition) is 1. The minimum Gasteiger partial charge on any atom is -0.483 e. The van der Waals surface area contributed by atoms with Crippen LogP contribution < -0.4 is 10.2 Å². The van der Waals surface area contributed by atoms with Crippen molar-refractivity contribution in [3.05, 3.63) is 69.7 Å². The first-order valence-corrected chi connectivity index (χ1v) is 8.28. The largest absolute Gasteiger partial charge is 0.483 e. The molecule has 2 aromatic rings. The molecule has 24 heavy (non-hydrogen) atoms. The van der Waals surface area contributed by atoms with E-state index in [2.05, 4.69) is 26.5 Å². The lowest BCUT2D eigenvalue weighted by molar-refractivity contribution is -0.123. The maximum absolute atomic E-state index is 11.8. The van der Waals surface area contributed by atoms with Crippen molar-refractivity contribution in [3.63, 3.8) is 0 Å². The van der Waals surface area contributed by atoms with E-state index in [9.17, 15) is 4.79 Å². The predicted molar refractivity (Wildman–Crippen MR) is 101 cm³/mol. The molecular formula is C19H19BrN2O2. The molecule has 0 radical (unpaired) electrons. The Kier molecular flexibility index (Phi) is 6.75. The summed E-state index contributed by atoms with van der Waals surface area (Å²) in [6.07, 6.45) is 3.44. The molecular weight excluding hydrogens is 368 g/mol. The number of aryl methyl sites for hydroxylation is 2. The Morgan fingerprint density at radius 1 is 1.21 bits per heavy atom. The highest BCUT2D eigenvalue weighted by atomic mass is 79.9. The van der Waals surface area contributed by atoms with E-state index in [0.29, 0.717) is 5.75 Å². The van der Waals surface area contributed by atoms with Crippen LogP contribution in [-0.2, 0) is 4.79 Å². The standard InChI is InChI=1S/C19H19BrN2O2/c1-14-8-9-15(2)18(10-14)24-13-19(23)22-21-12-17(20)11-16-6-4-3-5-7-16/h3-12H,13H2,1-2H3,(H,22,23)/b17-11-,21-12+. The van der Waals surface area contributed by atoms with Gasteiger partial charge in [-0.2, -0.15) is 5.10 Å². The third-order valence-electron chi connectivity index (χ3n) is 3.18. The van der Waals surface area contributed by atoms with Gasteiger partial charge in [0.05, 0.1) is 6.21 Å². The Hall–Kier alpha value is -2.40. The van der Waals surface area contributed by atoms with Crippen LogP contribution in [0.3, 0.4) is 0 Å². The molecule has 1 amide bonds. The van der Waals surface area contributed by atoms with E-state index >= 15 is 0 Å². The van der Waals surface area contributed by atoms with Crippen molar-refractivity contribution in [1.82, 2.24) is 5.43 Å². The van der Waals surface area contributed by atoms with Crippen molar-refractivity contribution < 1.29 is 9.53 Å². The summed E-state index contributed by atoms with van der Waals surface area (Å²) in [6, 6.07) is 15.7. The smallest absolute Gasteiger partial charge is 0.277 e. The van der Waals surface area contributed by atoms with Crippen LogP contribution in [0, 0.1) is 13.8 Å². The van der Waals surface area contributed by atoms with E-state index in [1.165, 1.54) is 6.21 Å². The highest BCUT2D eigenvalue weighted by Gasteiger charge is 2.04. The van der Waals surface area contributed by atoms with Gasteiger partial charge in [-0.3, -0.25) is 4.79 Å². The molecule has 124 valence electrons. The maximum Gasteiger partial charge on any atom is 0.277 e. The normalized spacial score (nSPS) is 11.5. The van der Waals surface area contributed by atoms with Crippen LogP contribution in [0.1, 0.15) is 16.7 Å². The van der Waals surface area contributed by atoms with Gasteiger partial charge < -0.3 is 4.74 Å². The van der Waals surface area contributed by atoms with Crippen molar-refractivity contribution in [1.29, 1.82) is 0 Å². The number of carbonyl (C=O) groups is 1. The monoisotopic (exact) mass is 386 g/mol. The minimum atomic E-state index is -0.313. The number of benzene rings is 2. The molecule has 5 heteroatoms. The Labute approximate surface area is 150 Å². The minimum absolute atomic E-state index is 0.0817. The van der Waals surface area contributed by atoms with Crippen molar-refractivity contribution in [3.8, 4) is 5.75 Å². The van der Waals surface area contributed by atoms with Crippen molar-refractivity contribution in [2.45, 2.75) is 13.8 Å². The van der Waals surface area contributed by atoms with Crippen LogP contribution in [0.25, 0.3) is 6.08 Å². The average Bonchev–Trinajstić information content (AvgIpc) is 2.56. The van der Waals surface area contributed by atoms with E-state index in [1.807, 2.05) is 68.5 Å². The summed E-state index contributed by atoms with van der Waals surface area (Å²) in [7, 11) is 0. The van der Waals surface area contributed by atoms with Gasteiger partial charge >= 0.3 is 0 Å². The van der Waals surface area contributed by atoms with Gasteiger partial charge in [0.1, 0.15) is 5.75 Å². The Morgan fingerprint density at radius 3 is 2.71 bits per heavy atom. The number of hydrogen-bond acceptors (Lipinski definition) is 3. The fraction of sp³-hybridized carbons (Fsp3) is 0.158. The lowest BCUT2D eigenvalue weighted by Gasteiger charge is -2.08. The number of ether oxygens (including phenoxy) is 1. The highest BCUT2D eigenvalue weighted by molar-refractivity contribution is 9.12. The van der Waals surface area contributed by atoms with E-state index in [0.717, 1.165) is 21.2 Å². The summed E-state index contributed by atoms with van der Waals surface area (Å²) in [6.45, 7) is 3.84. The van der Waals surface area contributed by atoms with Crippen LogP contribution in [-0.4, -0.2) is 18.7 Å². The summed E-state index contributed by atoms with van der Waals surface area (Å²) in [5, 5.41) is 3.90. The van der Waals surface area contributed by atoms with Crippen molar-refractivity contribution in [2.75, 3.05) is 6.61 Å². The molecule has 0 saturated heterocycles. The summed E-state index contributed by atoms with van der Waals surface area (Å²) < 4.78 is 6.27. The molecule has 0 aliphatic rings. The molecule has 0 spiro atoms. The maximum atomic E-state index is 11.8. The zero-order valence-electron chi connectivity index (χ0n) is 13.6. The fourth-order valence-electron chi connectivity index (χ4n) is 1.95. The zero-order chi connectivity index (χ0) is 17.4. The summed E-state index contributed by atoms with van der Waals surface area (Å²) in [4.78, 5) is 11.8. The molecule has 2 aromatic carbocycles. The lowest BCUT2D eigenvalue weighted by Crippen LogP contribution is -2.24. The zero-order valence-corrected chi connectivity index (χ0v) is 15.2. The van der Waals surface area contributed by atoms with Gasteiger partial charge in [-0.05, 0) is 58.6 Å². The van der Waals surface area contributed by atoms with E-state index in [1.54, 1.807) is 0 Å². The van der Waals surface area contributed by atoms with Gasteiger partial charge in [0.15, 0.2) is 6.61 Å². The first-order valence-electron chi connectivity index (χ1n) is 7.49. The molecule has 0 bridgehead atoms. The number of allylic oxidation sites excluding steroid dienone is 1. The van der Waals surface area contributed by atoms with Crippen LogP contribution in [0.2, 0.25) is 0 Å². The Morgan fingerprint density at radius 2 is 1.96 bits per heavy atom. The second kappa shape index (κ2) is 9.03. The summed E-state index contributed by atoms with van der Waals surface area (Å²) in [5.74, 6) is 0.395. The van der Waals surface area contributed by atoms with Gasteiger partial charge in [-0.25, -0.2) is 5.43 Å². The molecule has 0 atom stereocenters. The van der Waals surface area contributed by atoms with Gasteiger partial charge in [-0.1, -0.05) is 42.5 Å². The number of halogens is 1. The second-order valence-corrected chi connectivity index (χ2v) is 6.21. The predicted octanol–water partition coefficient (Wildman–Crippen LogP) is 4.22. The number of hydrazone groups is 1. The molecule has 0 fully saturated rings. The van der Waals surface area contributed by atoms with Crippen molar-refractivity contribution >= 4 is 34.1 Å². The van der Waals surface area contributed by atoms with Crippen LogP contribution >= 0.6 is 15.9 Å². The lowest BCUT2D eigenvalue weighted by atomic mass is 10.1. The average molecular weight is 387 g/mol. The van der Waals surface area contributed by atoms with Crippen molar-refractivity contribution in [2.24, 2.45) is 5.10 Å². The van der Waals surface area contributed by atoms with E-state index in [4.69, 9.17) is 4.74 Å². The van der Waals surface area contributed by atoms with Crippen LogP contribution in [0.15, 0.2) is 58.1 Å². The number of carbonyl (C=O) groups excluding carboxylic acids is 1. The van der Waals surface area contributed by atoms with Gasteiger partial charge in [0.2, 0.25) is 0 Å². The fourth-order valence-corrected chi connectivity index (χ4v) is 2.32.